The molecule has 92 valence electrons. The molecule has 1 aromatic carbocycles. The number of nitrogens with zero attached hydrogens (tertiary/aromatic N) is 1. The smallest absolute Gasteiger partial charge is 0.408 e. The maximum absolute atomic E-state index is 11.6. The van der Waals surface area contributed by atoms with E-state index in [1.807, 2.05) is 0 Å². The van der Waals surface area contributed by atoms with Crippen LogP contribution in [0.5, 0.6) is 0 Å². The number of hydrogen-bond acceptors (Lipinski definition) is 4. The molecule has 3 N–H and O–H groups in total. The predicted molar refractivity (Wildman–Crippen MR) is 65.8 cm³/mol. The number of nitrogen functional groups attached to an aromatic ring is 1. The minimum Gasteiger partial charge on any atom is -0.408 e. The molecule has 0 saturated carbocycles. The molecule has 5 heteroatoms. The molecule has 1 aromatic heterocycles. The summed E-state index contributed by atoms with van der Waals surface area (Å²) in [5, 5.41) is 8.68. The number of aliphatic hydroxyl groups excluding tert-OH is 1. The lowest BCUT2D eigenvalue weighted by molar-refractivity contribution is 0.281. The van der Waals surface area contributed by atoms with Gasteiger partial charge in [-0.15, -0.1) is 0 Å². The largest absolute Gasteiger partial charge is 0.419 e. The third kappa shape index (κ3) is 2.50. The molecule has 1 heterocycles. The van der Waals surface area contributed by atoms with E-state index in [0.717, 1.165) is 24.8 Å². The van der Waals surface area contributed by atoms with Crippen LogP contribution in [0.1, 0.15) is 19.3 Å². The van der Waals surface area contributed by atoms with Crippen LogP contribution in [0.4, 0.5) is 5.69 Å². The summed E-state index contributed by atoms with van der Waals surface area (Å²) >= 11 is 0. The fourth-order valence-electron chi connectivity index (χ4n) is 1.85. The fraction of sp³-hybridized carbons (Fsp3) is 0.417. The van der Waals surface area contributed by atoms with Gasteiger partial charge in [0.2, 0.25) is 0 Å². The molecule has 2 aromatic rings. The highest BCUT2D eigenvalue weighted by Gasteiger charge is 2.08. The van der Waals surface area contributed by atoms with Crippen molar-refractivity contribution in [3.8, 4) is 0 Å². The summed E-state index contributed by atoms with van der Waals surface area (Å²) in [6.45, 7) is 0.799. The highest BCUT2D eigenvalue weighted by atomic mass is 16.4. The minimum absolute atomic E-state index is 0.192. The molecule has 0 bridgehead atoms. The molecule has 2 rings (SSSR count). The lowest BCUT2D eigenvalue weighted by atomic mass is 10.2. The monoisotopic (exact) mass is 236 g/mol. The van der Waals surface area contributed by atoms with E-state index in [2.05, 4.69) is 0 Å². The molecule has 17 heavy (non-hydrogen) atoms. The van der Waals surface area contributed by atoms with Gasteiger partial charge in [0, 0.05) is 24.9 Å². The Kier molecular flexibility index (Phi) is 3.49. The number of fused-ring (bicyclic) bond motifs is 1. The summed E-state index contributed by atoms with van der Waals surface area (Å²) in [5.41, 5.74) is 7.50. The third-order valence-corrected chi connectivity index (χ3v) is 2.73. The van der Waals surface area contributed by atoms with Gasteiger partial charge in [0.25, 0.3) is 0 Å². The second-order valence-electron chi connectivity index (χ2n) is 4.03. The van der Waals surface area contributed by atoms with Crippen LogP contribution < -0.4 is 11.5 Å². The van der Waals surface area contributed by atoms with Gasteiger partial charge in [0.05, 0.1) is 5.52 Å². The topological polar surface area (TPSA) is 81.4 Å². The second-order valence-corrected chi connectivity index (χ2v) is 4.03. The number of aryl methyl sites for hydroxylation is 1. The zero-order chi connectivity index (χ0) is 12.3. The van der Waals surface area contributed by atoms with Gasteiger partial charge in [-0.25, -0.2) is 4.79 Å². The number of nitrogens with two attached hydrogens (primary N) is 1. The van der Waals surface area contributed by atoms with Gasteiger partial charge in [-0.3, -0.25) is 4.57 Å². The third-order valence-electron chi connectivity index (χ3n) is 2.73. The Labute approximate surface area is 98.5 Å². The van der Waals surface area contributed by atoms with E-state index in [4.69, 9.17) is 15.3 Å². The molecule has 5 nitrogen and oxygen atoms in total. The summed E-state index contributed by atoms with van der Waals surface area (Å²) in [4.78, 5) is 11.6. The first-order valence-electron chi connectivity index (χ1n) is 5.72. The normalized spacial score (nSPS) is 11.1. The lowest BCUT2D eigenvalue weighted by Gasteiger charge is -2.01. The number of anilines is 1. The quantitative estimate of drug-likeness (QED) is 0.606. The molecule has 0 saturated heterocycles. The number of benzene rings is 1. The van der Waals surface area contributed by atoms with Crippen molar-refractivity contribution in [1.29, 1.82) is 0 Å². The summed E-state index contributed by atoms with van der Waals surface area (Å²) in [7, 11) is 0. The van der Waals surface area contributed by atoms with E-state index < -0.39 is 0 Å². The van der Waals surface area contributed by atoms with Crippen molar-refractivity contribution < 1.29 is 9.52 Å². The number of hydrogen-bond donors (Lipinski definition) is 2. The van der Waals surface area contributed by atoms with E-state index in [-0.39, 0.29) is 12.4 Å². The molecule has 0 atom stereocenters. The Morgan fingerprint density at radius 3 is 2.88 bits per heavy atom. The maximum atomic E-state index is 11.6. The highest BCUT2D eigenvalue weighted by molar-refractivity contribution is 5.76. The van der Waals surface area contributed by atoms with Crippen LogP contribution in [0.15, 0.2) is 27.4 Å². The fourth-order valence-corrected chi connectivity index (χ4v) is 1.85. The maximum Gasteiger partial charge on any atom is 0.419 e. The van der Waals surface area contributed by atoms with Crippen LogP contribution in [-0.4, -0.2) is 16.3 Å². The average molecular weight is 236 g/mol. The number of aliphatic hydroxyl groups is 1. The molecule has 0 fully saturated rings. The molecule has 0 spiro atoms. The Bertz CT molecular complexity index is 556. The van der Waals surface area contributed by atoms with Crippen LogP contribution in [0.2, 0.25) is 0 Å². The predicted octanol–water partition coefficient (Wildman–Crippen LogP) is 1.34. The molecule has 0 aliphatic heterocycles. The van der Waals surface area contributed by atoms with Crippen molar-refractivity contribution in [2.75, 3.05) is 12.3 Å². The van der Waals surface area contributed by atoms with Gasteiger partial charge in [-0.05, 0) is 31.4 Å². The lowest BCUT2D eigenvalue weighted by Crippen LogP contribution is -2.14. The number of aromatic nitrogens is 1. The van der Waals surface area contributed by atoms with Crippen LogP contribution in [0, 0.1) is 0 Å². The van der Waals surface area contributed by atoms with E-state index >= 15 is 0 Å². The summed E-state index contributed by atoms with van der Waals surface area (Å²) in [5.74, 6) is -0.352. The number of oxazole rings is 1. The Hall–Kier alpha value is -1.75. The minimum atomic E-state index is -0.352. The van der Waals surface area contributed by atoms with Crippen molar-refractivity contribution >= 4 is 16.8 Å². The van der Waals surface area contributed by atoms with Gasteiger partial charge >= 0.3 is 5.76 Å². The summed E-state index contributed by atoms with van der Waals surface area (Å²) in [6, 6.07) is 5.20. The van der Waals surface area contributed by atoms with Crippen molar-refractivity contribution in [1.82, 2.24) is 4.57 Å². The van der Waals surface area contributed by atoms with Crippen LogP contribution in [0.25, 0.3) is 11.1 Å². The first kappa shape index (κ1) is 11.7. The second kappa shape index (κ2) is 5.05. The summed E-state index contributed by atoms with van der Waals surface area (Å²) in [6.07, 6.45) is 2.50. The van der Waals surface area contributed by atoms with E-state index in [1.165, 1.54) is 0 Å². The Balaban J connectivity index is 2.21. The molecular weight excluding hydrogens is 220 g/mol. The summed E-state index contributed by atoms with van der Waals surface area (Å²) < 4.78 is 6.72. The van der Waals surface area contributed by atoms with E-state index in [0.29, 0.717) is 17.8 Å². The molecule has 0 aliphatic carbocycles. The molecule has 0 radical (unpaired) electrons. The van der Waals surface area contributed by atoms with Crippen molar-refractivity contribution in [3.63, 3.8) is 0 Å². The standard InChI is InChI=1S/C12H16N2O3/c13-9-4-5-10-11(8-9)17-12(16)14(10)6-2-1-3-7-15/h4-5,8,15H,1-3,6-7,13H2. The van der Waals surface area contributed by atoms with Crippen molar-refractivity contribution in [2.45, 2.75) is 25.8 Å². The van der Waals surface area contributed by atoms with Crippen molar-refractivity contribution in [3.05, 3.63) is 28.7 Å². The molecular formula is C12H16N2O3. The first-order chi connectivity index (χ1) is 8.22. The van der Waals surface area contributed by atoms with Gasteiger partial charge in [0.15, 0.2) is 5.58 Å². The molecule has 0 aliphatic rings. The van der Waals surface area contributed by atoms with Gasteiger partial charge in [-0.1, -0.05) is 0 Å². The van der Waals surface area contributed by atoms with Crippen LogP contribution in [-0.2, 0) is 6.54 Å². The van der Waals surface area contributed by atoms with E-state index in [9.17, 15) is 4.79 Å². The number of rotatable bonds is 5. The molecule has 0 unspecified atom stereocenters. The van der Waals surface area contributed by atoms with Gasteiger partial charge < -0.3 is 15.3 Å². The zero-order valence-corrected chi connectivity index (χ0v) is 9.56. The van der Waals surface area contributed by atoms with Crippen LogP contribution in [0.3, 0.4) is 0 Å². The first-order valence-corrected chi connectivity index (χ1v) is 5.72. The SMILES string of the molecule is Nc1ccc2c(c1)oc(=O)n2CCCCCO. The highest BCUT2D eigenvalue weighted by Crippen LogP contribution is 2.16. The van der Waals surface area contributed by atoms with Gasteiger partial charge in [0.1, 0.15) is 0 Å². The zero-order valence-electron chi connectivity index (χ0n) is 9.56. The average Bonchev–Trinajstić information content (AvgIpc) is 2.60. The van der Waals surface area contributed by atoms with E-state index in [1.54, 1.807) is 22.8 Å². The Morgan fingerprint density at radius 2 is 2.12 bits per heavy atom. The van der Waals surface area contributed by atoms with Gasteiger partial charge in [-0.2, -0.15) is 0 Å². The Morgan fingerprint density at radius 1 is 1.29 bits per heavy atom. The van der Waals surface area contributed by atoms with Crippen LogP contribution >= 0.6 is 0 Å². The number of unbranched alkanes of at least 4 members (excludes halogenated alkanes) is 2. The van der Waals surface area contributed by atoms with Crippen molar-refractivity contribution in [2.24, 2.45) is 0 Å². The molecule has 0 amide bonds.